The summed E-state index contributed by atoms with van der Waals surface area (Å²) in [5.41, 5.74) is 2.11. The van der Waals surface area contributed by atoms with Crippen LogP contribution >= 0.6 is 11.3 Å². The van der Waals surface area contributed by atoms with Crippen LogP contribution in [0.5, 0.6) is 0 Å². The molecule has 0 spiro atoms. The second-order valence-electron chi connectivity index (χ2n) is 5.30. The van der Waals surface area contributed by atoms with Crippen LogP contribution in [0.3, 0.4) is 0 Å². The van der Waals surface area contributed by atoms with Gasteiger partial charge in [0.1, 0.15) is 5.82 Å². The van der Waals surface area contributed by atoms with E-state index in [4.69, 9.17) is 0 Å². The lowest BCUT2D eigenvalue weighted by molar-refractivity contribution is 0.0994. The van der Waals surface area contributed by atoms with Crippen molar-refractivity contribution < 1.29 is 9.18 Å². The molecule has 0 saturated carbocycles. The van der Waals surface area contributed by atoms with Gasteiger partial charge in [-0.3, -0.25) is 4.79 Å². The summed E-state index contributed by atoms with van der Waals surface area (Å²) in [7, 11) is 0. The molecule has 0 aliphatic carbocycles. The van der Waals surface area contributed by atoms with E-state index in [-0.39, 0.29) is 5.56 Å². The van der Waals surface area contributed by atoms with Gasteiger partial charge in [0, 0.05) is 11.4 Å². The molecule has 2 aromatic carbocycles. The zero-order valence-electron chi connectivity index (χ0n) is 13.5. The van der Waals surface area contributed by atoms with Crippen molar-refractivity contribution in [3.8, 4) is 11.3 Å². The van der Waals surface area contributed by atoms with Crippen molar-refractivity contribution in [2.24, 2.45) is 4.99 Å². The van der Waals surface area contributed by atoms with Crippen LogP contribution in [-0.2, 0) is 6.54 Å². The highest BCUT2D eigenvalue weighted by atomic mass is 32.1. The second kappa shape index (κ2) is 6.93. The van der Waals surface area contributed by atoms with E-state index < -0.39 is 11.7 Å². The number of thiazole rings is 1. The number of benzene rings is 2. The number of nitrogens with zero attached hydrogens (tertiary/aromatic N) is 2. The molecule has 0 atom stereocenters. The molecule has 3 nitrogen and oxygen atoms in total. The lowest BCUT2D eigenvalue weighted by Crippen LogP contribution is -2.17. The van der Waals surface area contributed by atoms with Gasteiger partial charge in [0.25, 0.3) is 5.91 Å². The van der Waals surface area contributed by atoms with E-state index in [0.717, 1.165) is 16.1 Å². The molecule has 0 radical (unpaired) electrons. The first kappa shape index (κ1) is 16.3. The number of carbonyl (C=O) groups excluding carboxylic acids is 1. The minimum atomic E-state index is -0.559. The van der Waals surface area contributed by atoms with E-state index >= 15 is 0 Å². The molecule has 0 unspecified atom stereocenters. The van der Waals surface area contributed by atoms with Crippen molar-refractivity contribution in [2.45, 2.75) is 20.4 Å². The lowest BCUT2D eigenvalue weighted by atomic mass is 10.1. The molecular formula is C19H17FN2OS. The predicted molar refractivity (Wildman–Crippen MR) is 94.4 cm³/mol. The maximum Gasteiger partial charge on any atom is 0.282 e. The van der Waals surface area contributed by atoms with Gasteiger partial charge in [-0.15, -0.1) is 11.3 Å². The second-order valence-corrected chi connectivity index (χ2v) is 6.48. The summed E-state index contributed by atoms with van der Waals surface area (Å²) >= 11 is 1.44. The number of hydrogen-bond acceptors (Lipinski definition) is 2. The Balaban J connectivity index is 2.13. The normalized spacial score (nSPS) is 11.7. The quantitative estimate of drug-likeness (QED) is 0.695. The number of amides is 1. The van der Waals surface area contributed by atoms with Gasteiger partial charge in [-0.1, -0.05) is 42.5 Å². The first-order valence-corrected chi connectivity index (χ1v) is 8.52. The molecule has 5 heteroatoms. The molecule has 0 fully saturated rings. The van der Waals surface area contributed by atoms with Crippen LogP contribution in [0.1, 0.15) is 22.2 Å². The zero-order valence-corrected chi connectivity index (χ0v) is 14.3. The molecule has 24 heavy (non-hydrogen) atoms. The van der Waals surface area contributed by atoms with Gasteiger partial charge in [-0.25, -0.2) is 4.39 Å². The number of aromatic nitrogens is 1. The lowest BCUT2D eigenvalue weighted by Gasteiger charge is -2.07. The van der Waals surface area contributed by atoms with Gasteiger partial charge in [-0.2, -0.15) is 4.99 Å². The smallest absolute Gasteiger partial charge is 0.282 e. The molecule has 0 aliphatic rings. The third-order valence-electron chi connectivity index (χ3n) is 3.74. The Morgan fingerprint density at radius 3 is 2.46 bits per heavy atom. The number of aryl methyl sites for hydroxylation is 1. The van der Waals surface area contributed by atoms with E-state index in [2.05, 4.69) is 4.99 Å². The zero-order chi connectivity index (χ0) is 17.1. The molecule has 3 rings (SSSR count). The standard InChI is InChI=1S/C19H17FN2OS/c1-3-22-17(14-9-5-4-6-10-14)13(2)24-19(22)21-18(23)15-11-7-8-12-16(15)20/h4-12H,3H2,1-2H3. The first-order valence-electron chi connectivity index (χ1n) is 7.71. The van der Waals surface area contributed by atoms with Crippen molar-refractivity contribution in [2.75, 3.05) is 0 Å². The van der Waals surface area contributed by atoms with Gasteiger partial charge in [0.2, 0.25) is 0 Å². The number of carbonyl (C=O) groups is 1. The highest BCUT2D eigenvalue weighted by Gasteiger charge is 2.14. The van der Waals surface area contributed by atoms with Crippen molar-refractivity contribution in [1.82, 2.24) is 4.57 Å². The Morgan fingerprint density at radius 2 is 1.79 bits per heavy atom. The van der Waals surface area contributed by atoms with Crippen LogP contribution < -0.4 is 4.80 Å². The van der Waals surface area contributed by atoms with Crippen LogP contribution in [-0.4, -0.2) is 10.5 Å². The van der Waals surface area contributed by atoms with E-state index in [1.807, 2.05) is 48.7 Å². The molecule has 1 heterocycles. The van der Waals surface area contributed by atoms with Crippen LogP contribution in [0.15, 0.2) is 59.6 Å². The van der Waals surface area contributed by atoms with Crippen LogP contribution in [0.4, 0.5) is 4.39 Å². The fraction of sp³-hybridized carbons (Fsp3) is 0.158. The molecule has 3 aromatic rings. The fourth-order valence-electron chi connectivity index (χ4n) is 2.64. The summed E-state index contributed by atoms with van der Waals surface area (Å²) in [5, 5.41) is 0. The SMILES string of the molecule is CCn1c(-c2ccccc2)c(C)sc1=NC(=O)c1ccccc1F. The van der Waals surface area contributed by atoms with Crippen LogP contribution in [0, 0.1) is 12.7 Å². The van der Waals surface area contributed by atoms with Crippen LogP contribution in [0.25, 0.3) is 11.3 Å². The minimum Gasteiger partial charge on any atom is -0.316 e. The van der Waals surface area contributed by atoms with E-state index in [1.165, 1.54) is 23.5 Å². The Labute approximate surface area is 143 Å². The molecule has 0 N–H and O–H groups in total. The number of halogens is 1. The first-order chi connectivity index (χ1) is 11.6. The molecule has 122 valence electrons. The maximum absolute atomic E-state index is 13.8. The highest BCUT2D eigenvalue weighted by Crippen LogP contribution is 2.25. The number of rotatable bonds is 3. The molecule has 1 amide bonds. The average molecular weight is 340 g/mol. The van der Waals surface area contributed by atoms with Gasteiger partial charge in [0.05, 0.1) is 11.3 Å². The summed E-state index contributed by atoms with van der Waals surface area (Å²) in [4.78, 5) is 18.2. The van der Waals surface area contributed by atoms with Gasteiger partial charge < -0.3 is 4.57 Å². The largest absolute Gasteiger partial charge is 0.316 e. The molecule has 1 aromatic heterocycles. The minimum absolute atomic E-state index is 0.00697. The summed E-state index contributed by atoms with van der Waals surface area (Å²) in [6.45, 7) is 4.69. The Hall–Kier alpha value is -2.53. The topological polar surface area (TPSA) is 34.4 Å². The maximum atomic E-state index is 13.8. The van der Waals surface area contributed by atoms with Crippen molar-refractivity contribution in [3.05, 3.63) is 75.7 Å². The summed E-state index contributed by atoms with van der Waals surface area (Å²) in [6.07, 6.45) is 0. The fourth-order valence-corrected chi connectivity index (χ4v) is 3.70. The molecule has 0 saturated heterocycles. The monoisotopic (exact) mass is 340 g/mol. The Morgan fingerprint density at radius 1 is 1.12 bits per heavy atom. The Bertz CT molecular complexity index is 942. The van der Waals surface area contributed by atoms with Crippen molar-refractivity contribution in [1.29, 1.82) is 0 Å². The van der Waals surface area contributed by atoms with Gasteiger partial charge in [-0.05, 0) is 31.5 Å². The third kappa shape index (κ3) is 3.08. The van der Waals surface area contributed by atoms with Gasteiger partial charge in [0.15, 0.2) is 4.80 Å². The van der Waals surface area contributed by atoms with Gasteiger partial charge >= 0.3 is 0 Å². The Kier molecular flexibility index (Phi) is 4.71. The molecular weight excluding hydrogens is 323 g/mol. The molecule has 0 bridgehead atoms. The highest BCUT2D eigenvalue weighted by molar-refractivity contribution is 7.09. The van der Waals surface area contributed by atoms with E-state index in [0.29, 0.717) is 11.3 Å². The summed E-state index contributed by atoms with van der Waals surface area (Å²) in [5.74, 6) is -1.11. The average Bonchev–Trinajstić information content (AvgIpc) is 2.91. The van der Waals surface area contributed by atoms with E-state index in [1.54, 1.807) is 12.1 Å². The number of hydrogen-bond donors (Lipinski definition) is 0. The summed E-state index contributed by atoms with van der Waals surface area (Å²) < 4.78 is 15.8. The third-order valence-corrected chi connectivity index (χ3v) is 4.74. The molecule has 0 aliphatic heterocycles. The van der Waals surface area contributed by atoms with Crippen molar-refractivity contribution >= 4 is 17.2 Å². The van der Waals surface area contributed by atoms with Crippen molar-refractivity contribution in [3.63, 3.8) is 0 Å². The van der Waals surface area contributed by atoms with Crippen LogP contribution in [0.2, 0.25) is 0 Å². The summed E-state index contributed by atoms with van der Waals surface area (Å²) in [6, 6.07) is 15.9. The van der Waals surface area contributed by atoms with E-state index in [9.17, 15) is 9.18 Å². The predicted octanol–water partition coefficient (Wildman–Crippen LogP) is 4.43.